The molecule has 2 nitrogen and oxygen atoms in total. The van der Waals surface area contributed by atoms with Crippen molar-refractivity contribution >= 4 is 17.0 Å². The third kappa shape index (κ3) is 2.83. The predicted molar refractivity (Wildman–Crippen MR) is 70.2 cm³/mol. The summed E-state index contributed by atoms with van der Waals surface area (Å²) in [6.45, 7) is 5.19. The molecule has 0 spiro atoms. The summed E-state index contributed by atoms with van der Waals surface area (Å²) in [5.41, 5.74) is 3.82. The third-order valence-corrected chi connectivity index (χ3v) is 3.37. The van der Waals surface area contributed by atoms with E-state index in [0.717, 1.165) is 13.0 Å². The molecule has 16 heavy (non-hydrogen) atoms. The van der Waals surface area contributed by atoms with Crippen LogP contribution in [0.5, 0.6) is 0 Å². The molecular weight excluding hydrogens is 216 g/mol. The molecule has 0 aliphatic carbocycles. The Labute approximate surface area is 100 Å². The van der Waals surface area contributed by atoms with Gasteiger partial charge in [-0.1, -0.05) is 12.1 Å². The largest absolute Gasteiger partial charge is 0.384 e. The maximum absolute atomic E-state index is 4.27. The first-order chi connectivity index (χ1) is 7.75. The molecule has 0 amide bonds. The SMILES string of the molecule is Cc1ccc(C)c(NCCc2nccs2)c1. The Morgan fingerprint density at radius 1 is 1.31 bits per heavy atom. The molecular formula is C13H16N2S. The van der Waals surface area contributed by atoms with Gasteiger partial charge in [0, 0.05) is 30.2 Å². The monoisotopic (exact) mass is 232 g/mol. The number of hydrogen-bond donors (Lipinski definition) is 1. The summed E-state index contributed by atoms with van der Waals surface area (Å²) in [6, 6.07) is 6.49. The number of nitrogens with one attached hydrogen (secondary N) is 1. The smallest absolute Gasteiger partial charge is 0.0942 e. The molecule has 0 atom stereocenters. The van der Waals surface area contributed by atoms with E-state index in [1.165, 1.54) is 21.8 Å². The minimum atomic E-state index is 0.942. The molecule has 0 bridgehead atoms. The van der Waals surface area contributed by atoms with Crippen molar-refractivity contribution in [2.24, 2.45) is 0 Å². The highest BCUT2D eigenvalue weighted by Gasteiger charge is 1.99. The Morgan fingerprint density at radius 2 is 2.19 bits per heavy atom. The highest BCUT2D eigenvalue weighted by atomic mass is 32.1. The van der Waals surface area contributed by atoms with Crippen LogP contribution in [-0.2, 0) is 6.42 Å². The van der Waals surface area contributed by atoms with E-state index >= 15 is 0 Å². The van der Waals surface area contributed by atoms with Gasteiger partial charge in [0.2, 0.25) is 0 Å². The Morgan fingerprint density at radius 3 is 2.94 bits per heavy atom. The molecule has 1 heterocycles. The number of rotatable bonds is 4. The Bertz CT molecular complexity index is 449. The lowest BCUT2D eigenvalue weighted by Gasteiger charge is -2.09. The normalized spacial score (nSPS) is 10.4. The van der Waals surface area contributed by atoms with Gasteiger partial charge in [-0.2, -0.15) is 0 Å². The predicted octanol–water partition coefficient (Wildman–Crippen LogP) is 3.41. The Balaban J connectivity index is 1.92. The quantitative estimate of drug-likeness (QED) is 0.873. The molecule has 1 aromatic carbocycles. The zero-order chi connectivity index (χ0) is 11.4. The van der Waals surface area contributed by atoms with Crippen molar-refractivity contribution in [3.8, 4) is 0 Å². The summed E-state index contributed by atoms with van der Waals surface area (Å²) in [4.78, 5) is 4.27. The summed E-state index contributed by atoms with van der Waals surface area (Å²) in [5, 5.41) is 6.67. The topological polar surface area (TPSA) is 24.9 Å². The van der Waals surface area contributed by atoms with Gasteiger partial charge in [-0.25, -0.2) is 4.98 Å². The number of aryl methyl sites for hydroxylation is 2. The van der Waals surface area contributed by atoms with E-state index in [1.807, 2.05) is 11.6 Å². The fourth-order valence-electron chi connectivity index (χ4n) is 1.61. The van der Waals surface area contributed by atoms with Gasteiger partial charge in [0.15, 0.2) is 0 Å². The minimum absolute atomic E-state index is 0.942. The number of aromatic nitrogens is 1. The van der Waals surface area contributed by atoms with Crippen LogP contribution < -0.4 is 5.32 Å². The van der Waals surface area contributed by atoms with Crippen molar-refractivity contribution in [3.05, 3.63) is 45.9 Å². The van der Waals surface area contributed by atoms with Crippen molar-refractivity contribution in [3.63, 3.8) is 0 Å². The molecule has 0 saturated carbocycles. The van der Waals surface area contributed by atoms with E-state index in [2.05, 4.69) is 42.3 Å². The third-order valence-electron chi connectivity index (χ3n) is 2.53. The Hall–Kier alpha value is -1.35. The van der Waals surface area contributed by atoms with Crippen molar-refractivity contribution in [2.75, 3.05) is 11.9 Å². The first-order valence-corrected chi connectivity index (χ1v) is 6.33. The number of benzene rings is 1. The summed E-state index contributed by atoms with van der Waals surface area (Å²) in [7, 11) is 0. The molecule has 0 unspecified atom stereocenters. The van der Waals surface area contributed by atoms with Crippen LogP contribution in [0.2, 0.25) is 0 Å². The maximum atomic E-state index is 4.27. The van der Waals surface area contributed by atoms with Crippen LogP contribution in [0.1, 0.15) is 16.1 Å². The van der Waals surface area contributed by atoms with Crippen LogP contribution in [0.4, 0.5) is 5.69 Å². The summed E-state index contributed by atoms with van der Waals surface area (Å²) in [6.07, 6.45) is 2.85. The highest BCUT2D eigenvalue weighted by Crippen LogP contribution is 2.16. The van der Waals surface area contributed by atoms with Crippen molar-refractivity contribution in [1.29, 1.82) is 0 Å². The lowest BCUT2D eigenvalue weighted by Crippen LogP contribution is -2.05. The van der Waals surface area contributed by atoms with Gasteiger partial charge in [-0.15, -0.1) is 11.3 Å². The van der Waals surface area contributed by atoms with Gasteiger partial charge in [-0.05, 0) is 31.0 Å². The standard InChI is InChI=1S/C13H16N2S/c1-10-3-4-11(2)12(9-10)14-6-5-13-15-7-8-16-13/h3-4,7-9,14H,5-6H2,1-2H3. The molecule has 1 aromatic heterocycles. The molecule has 2 aromatic rings. The van der Waals surface area contributed by atoms with Crippen LogP contribution in [-0.4, -0.2) is 11.5 Å². The van der Waals surface area contributed by atoms with Crippen LogP contribution in [0.3, 0.4) is 0 Å². The zero-order valence-corrected chi connectivity index (χ0v) is 10.5. The fourth-order valence-corrected chi connectivity index (χ4v) is 2.23. The lowest BCUT2D eigenvalue weighted by atomic mass is 10.1. The average Bonchev–Trinajstić information content (AvgIpc) is 2.76. The molecule has 0 aliphatic rings. The molecule has 0 aliphatic heterocycles. The molecule has 0 radical (unpaired) electrons. The Kier molecular flexibility index (Phi) is 3.57. The number of nitrogens with zero attached hydrogens (tertiary/aromatic N) is 1. The van der Waals surface area contributed by atoms with Crippen LogP contribution in [0, 0.1) is 13.8 Å². The molecule has 1 N–H and O–H groups in total. The van der Waals surface area contributed by atoms with Crippen LogP contribution >= 0.6 is 11.3 Å². The van der Waals surface area contributed by atoms with E-state index < -0.39 is 0 Å². The summed E-state index contributed by atoms with van der Waals surface area (Å²) in [5.74, 6) is 0. The number of anilines is 1. The van der Waals surface area contributed by atoms with Gasteiger partial charge in [0.25, 0.3) is 0 Å². The van der Waals surface area contributed by atoms with Gasteiger partial charge in [0.05, 0.1) is 5.01 Å². The van der Waals surface area contributed by atoms with Crippen molar-refractivity contribution in [1.82, 2.24) is 4.98 Å². The number of hydrogen-bond acceptors (Lipinski definition) is 3. The van der Waals surface area contributed by atoms with Crippen LogP contribution in [0.25, 0.3) is 0 Å². The lowest BCUT2D eigenvalue weighted by molar-refractivity contribution is 0.995. The van der Waals surface area contributed by atoms with Gasteiger partial charge in [0.1, 0.15) is 0 Å². The highest BCUT2D eigenvalue weighted by molar-refractivity contribution is 7.09. The molecule has 0 fully saturated rings. The van der Waals surface area contributed by atoms with Gasteiger partial charge < -0.3 is 5.32 Å². The summed E-state index contributed by atoms with van der Waals surface area (Å²) >= 11 is 1.71. The second-order valence-corrected chi connectivity index (χ2v) is 4.90. The second kappa shape index (κ2) is 5.12. The van der Waals surface area contributed by atoms with E-state index in [1.54, 1.807) is 11.3 Å². The number of thiazole rings is 1. The minimum Gasteiger partial charge on any atom is -0.384 e. The average molecular weight is 232 g/mol. The zero-order valence-electron chi connectivity index (χ0n) is 9.66. The molecule has 84 valence electrons. The molecule has 3 heteroatoms. The first kappa shape index (κ1) is 11.1. The summed E-state index contributed by atoms with van der Waals surface area (Å²) < 4.78 is 0. The fraction of sp³-hybridized carbons (Fsp3) is 0.308. The van der Waals surface area contributed by atoms with Crippen LogP contribution in [0.15, 0.2) is 29.8 Å². The second-order valence-electron chi connectivity index (χ2n) is 3.92. The maximum Gasteiger partial charge on any atom is 0.0942 e. The van der Waals surface area contributed by atoms with E-state index in [9.17, 15) is 0 Å². The van der Waals surface area contributed by atoms with Gasteiger partial charge in [-0.3, -0.25) is 0 Å². The van der Waals surface area contributed by atoms with Crippen molar-refractivity contribution in [2.45, 2.75) is 20.3 Å². The van der Waals surface area contributed by atoms with Gasteiger partial charge >= 0.3 is 0 Å². The van der Waals surface area contributed by atoms with E-state index in [0.29, 0.717) is 0 Å². The first-order valence-electron chi connectivity index (χ1n) is 5.45. The van der Waals surface area contributed by atoms with Crippen molar-refractivity contribution < 1.29 is 0 Å². The molecule has 2 rings (SSSR count). The van der Waals surface area contributed by atoms with E-state index in [-0.39, 0.29) is 0 Å². The molecule has 0 saturated heterocycles. The van der Waals surface area contributed by atoms with E-state index in [4.69, 9.17) is 0 Å².